The Bertz CT molecular complexity index is 14.4. The van der Waals surface area contributed by atoms with Crippen LogP contribution >= 0.6 is 12.6 Å². The smallest absolute Gasteiger partial charge is 0.118 e. The topological polar surface area (TPSA) is 0 Å². The maximum atomic E-state index is 3.99. The summed E-state index contributed by atoms with van der Waals surface area (Å²) < 4.78 is 0. The summed E-state index contributed by atoms with van der Waals surface area (Å²) in [6, 6.07) is 0. The van der Waals surface area contributed by atoms with Crippen LogP contribution in [-0.2, 0) is 0 Å². The highest BCUT2D eigenvalue weighted by Gasteiger charge is 1.68. The lowest BCUT2D eigenvalue weighted by Gasteiger charge is -1.79. The van der Waals surface area contributed by atoms with E-state index in [1.54, 1.807) is 0 Å². The number of hydrogen-bond donors (Lipinski definition) is 1. The van der Waals surface area contributed by atoms with Crippen molar-refractivity contribution in [2.24, 2.45) is 0 Å². The van der Waals surface area contributed by atoms with Gasteiger partial charge in [0.05, 0.1) is 0 Å². The lowest BCUT2D eigenvalue weighted by molar-refractivity contribution is 1.11. The van der Waals surface area contributed by atoms with Crippen molar-refractivity contribution < 1.29 is 0 Å². The van der Waals surface area contributed by atoms with E-state index in [9.17, 15) is 0 Å². The fourth-order valence-corrected chi connectivity index (χ4v) is 0.822. The van der Waals surface area contributed by atoms with E-state index in [2.05, 4.69) is 28.9 Å². The molecule has 0 aliphatic carbocycles. The van der Waals surface area contributed by atoms with Crippen molar-refractivity contribution in [1.29, 1.82) is 0 Å². The van der Waals surface area contributed by atoms with Crippen LogP contribution in [0.4, 0.5) is 0 Å². The van der Waals surface area contributed by atoms with Crippen molar-refractivity contribution in [3.8, 4) is 0 Å². The van der Waals surface area contributed by atoms with E-state index >= 15 is 0 Å². The van der Waals surface area contributed by atoms with Gasteiger partial charge in [0.2, 0.25) is 0 Å². The third kappa shape index (κ3) is 4.88. The molecule has 0 fully saturated rings. The number of thiol groups is 1. The van der Waals surface area contributed by atoms with Gasteiger partial charge in [0.15, 0.2) is 0 Å². The van der Waals surface area contributed by atoms with Gasteiger partial charge in [0.1, 0.15) is 16.3 Å². The van der Waals surface area contributed by atoms with Crippen LogP contribution in [0.2, 0.25) is 5.28 Å². The van der Waals surface area contributed by atoms with Crippen LogP contribution in [0.5, 0.6) is 0 Å². The molecule has 0 N–H and O–H groups in total. The molecular formula is C3H7AlS. The zero-order chi connectivity index (χ0) is 4.12. The van der Waals surface area contributed by atoms with Crippen LogP contribution in [0.3, 0.4) is 0 Å². The minimum atomic E-state index is 1.02. The maximum Gasteiger partial charge on any atom is 0.118 e. The molecular weight excluding hydrogens is 95.1 g/mol. The molecule has 28 valence electrons. The van der Waals surface area contributed by atoms with Gasteiger partial charge in [-0.1, -0.05) is 6.42 Å². The zero-order valence-electron chi connectivity index (χ0n) is 3.15. The van der Waals surface area contributed by atoms with Gasteiger partial charge in [-0.2, -0.15) is 12.6 Å². The standard InChI is InChI=1S/C3H7S.Al/c1-2-3-4;/h4H,1-3H2;. The van der Waals surface area contributed by atoms with Crippen LogP contribution in [0.15, 0.2) is 0 Å². The molecule has 0 aromatic rings. The van der Waals surface area contributed by atoms with Crippen molar-refractivity contribution in [1.82, 2.24) is 0 Å². The molecule has 0 aromatic carbocycles. The van der Waals surface area contributed by atoms with E-state index in [0.717, 1.165) is 5.75 Å². The summed E-state index contributed by atoms with van der Waals surface area (Å²) in [5, 5.41) is 1.18. The first kappa shape index (κ1) is 5.88. The first-order valence-electron chi connectivity index (χ1n) is 1.72. The Hall–Kier alpha value is 0.882. The van der Waals surface area contributed by atoms with Gasteiger partial charge in [-0.15, -0.1) is 5.28 Å². The molecule has 0 unspecified atom stereocenters. The van der Waals surface area contributed by atoms with Crippen LogP contribution in [0.25, 0.3) is 0 Å². The molecule has 0 atom stereocenters. The molecule has 5 heavy (non-hydrogen) atoms. The Labute approximate surface area is 46.8 Å². The molecule has 0 heterocycles. The fourth-order valence-electron chi connectivity index (χ4n) is 0.0913. The van der Waals surface area contributed by atoms with Gasteiger partial charge in [0, 0.05) is 0 Å². The minimum Gasteiger partial charge on any atom is -0.179 e. The van der Waals surface area contributed by atoms with Crippen LogP contribution in [0.1, 0.15) is 6.42 Å². The first-order valence-corrected chi connectivity index (χ1v) is 3.17. The summed E-state index contributed by atoms with van der Waals surface area (Å²) in [4.78, 5) is 0. The van der Waals surface area contributed by atoms with Crippen LogP contribution in [0, 0.1) is 0 Å². The summed E-state index contributed by atoms with van der Waals surface area (Å²) in [5.74, 6) is 1.02. The molecule has 0 rings (SSSR count). The molecule has 0 saturated heterocycles. The van der Waals surface area contributed by atoms with Gasteiger partial charge in [-0.3, -0.25) is 0 Å². The summed E-state index contributed by atoms with van der Waals surface area (Å²) >= 11 is 6.64. The van der Waals surface area contributed by atoms with E-state index < -0.39 is 0 Å². The average molecular weight is 102 g/mol. The van der Waals surface area contributed by atoms with Gasteiger partial charge in [-0.25, -0.2) is 0 Å². The van der Waals surface area contributed by atoms with E-state index in [0.29, 0.717) is 0 Å². The van der Waals surface area contributed by atoms with E-state index in [4.69, 9.17) is 0 Å². The Balaban J connectivity index is 2.19. The third-order valence-corrected chi connectivity index (χ3v) is 1.09. The van der Waals surface area contributed by atoms with E-state index in [-0.39, 0.29) is 0 Å². The average Bonchev–Trinajstić information content (AvgIpc) is 1.41. The van der Waals surface area contributed by atoms with Crippen molar-refractivity contribution in [2.45, 2.75) is 11.7 Å². The molecule has 2 radical (unpaired) electrons. The summed E-state index contributed by atoms with van der Waals surface area (Å²) in [6.07, 6.45) is 1.22. The second kappa shape index (κ2) is 4.88. The van der Waals surface area contributed by atoms with Gasteiger partial charge in [-0.05, 0) is 5.75 Å². The SMILES string of the molecule is [Al][CH2]CCS. The predicted octanol–water partition coefficient (Wildman–Crippen LogP) is 0.893. The van der Waals surface area contributed by atoms with Crippen molar-refractivity contribution in [2.75, 3.05) is 5.75 Å². The number of hydrogen-bond acceptors (Lipinski definition) is 1. The second-order valence-electron chi connectivity index (χ2n) is 0.866. The Morgan fingerprint density at radius 2 is 2.20 bits per heavy atom. The van der Waals surface area contributed by atoms with E-state index in [1.807, 2.05) is 0 Å². The van der Waals surface area contributed by atoms with E-state index in [1.165, 1.54) is 11.7 Å². The fraction of sp³-hybridized carbons (Fsp3) is 1.00. The zero-order valence-corrected chi connectivity index (χ0v) is 5.20. The maximum absolute atomic E-state index is 3.99. The second-order valence-corrected chi connectivity index (χ2v) is 1.89. The molecule has 0 nitrogen and oxygen atoms in total. The molecule has 0 aliphatic rings. The monoisotopic (exact) mass is 102 g/mol. The molecule has 0 spiro atoms. The summed E-state index contributed by atoms with van der Waals surface area (Å²) in [5.41, 5.74) is 0. The van der Waals surface area contributed by atoms with Crippen molar-refractivity contribution in [3.63, 3.8) is 0 Å². The molecule has 0 saturated carbocycles. The minimum absolute atomic E-state index is 1.02. The molecule has 0 amide bonds. The van der Waals surface area contributed by atoms with Crippen LogP contribution < -0.4 is 0 Å². The molecule has 0 bridgehead atoms. The Morgan fingerprint density at radius 1 is 1.60 bits per heavy atom. The first-order chi connectivity index (χ1) is 2.41. The highest BCUT2D eigenvalue weighted by molar-refractivity contribution is 7.80. The molecule has 0 aromatic heterocycles. The predicted molar refractivity (Wildman–Crippen MR) is 29.0 cm³/mol. The lowest BCUT2D eigenvalue weighted by atomic mass is 10.6. The van der Waals surface area contributed by atoms with Gasteiger partial charge >= 0.3 is 0 Å². The lowest BCUT2D eigenvalue weighted by Crippen LogP contribution is -1.69. The van der Waals surface area contributed by atoms with Crippen molar-refractivity contribution in [3.05, 3.63) is 0 Å². The van der Waals surface area contributed by atoms with Crippen LogP contribution in [-0.4, -0.2) is 22.0 Å². The summed E-state index contributed by atoms with van der Waals surface area (Å²) in [6.45, 7) is 0. The highest BCUT2D eigenvalue weighted by Crippen LogP contribution is 1.84. The van der Waals surface area contributed by atoms with Gasteiger partial charge in [0.25, 0.3) is 0 Å². The Kier molecular flexibility index (Phi) is 5.74. The largest absolute Gasteiger partial charge is 0.179 e. The highest BCUT2D eigenvalue weighted by atomic mass is 32.1. The Morgan fingerprint density at radius 3 is 2.20 bits per heavy atom. The molecule has 0 aliphatic heterocycles. The molecule has 2 heteroatoms. The summed E-state index contributed by atoms with van der Waals surface area (Å²) in [7, 11) is 0. The third-order valence-electron chi connectivity index (χ3n) is 0.362. The number of rotatable bonds is 2. The van der Waals surface area contributed by atoms with Gasteiger partial charge < -0.3 is 0 Å². The van der Waals surface area contributed by atoms with Crippen molar-refractivity contribution >= 4 is 28.9 Å². The normalized spacial score (nSPS) is 8.20. The quantitative estimate of drug-likeness (QED) is 0.388.